The third-order valence-corrected chi connectivity index (χ3v) is 5.08. The Labute approximate surface area is 127 Å². The average molecular weight is 293 g/mol. The molecule has 0 fully saturated rings. The van der Waals surface area contributed by atoms with Gasteiger partial charge < -0.3 is 10.4 Å². The van der Waals surface area contributed by atoms with E-state index in [0.717, 1.165) is 13.0 Å². The molecule has 1 heterocycles. The van der Waals surface area contributed by atoms with Crippen LogP contribution in [0.25, 0.3) is 0 Å². The molecular formula is C17H27NOS. The Morgan fingerprint density at radius 1 is 1.35 bits per heavy atom. The van der Waals surface area contributed by atoms with Crippen molar-refractivity contribution in [3.05, 3.63) is 29.8 Å². The molecule has 0 saturated heterocycles. The van der Waals surface area contributed by atoms with Crippen molar-refractivity contribution in [3.63, 3.8) is 0 Å². The normalized spacial score (nSPS) is 19.9. The molecule has 20 heavy (non-hydrogen) atoms. The first-order chi connectivity index (χ1) is 9.70. The number of aliphatic hydroxyl groups excluding tert-OH is 1. The van der Waals surface area contributed by atoms with E-state index in [1.165, 1.54) is 29.1 Å². The summed E-state index contributed by atoms with van der Waals surface area (Å²) < 4.78 is 0. The lowest BCUT2D eigenvalue weighted by molar-refractivity contribution is 0.235. The second-order valence-corrected chi connectivity index (χ2v) is 7.28. The Balaban J connectivity index is 1.93. The minimum Gasteiger partial charge on any atom is -0.396 e. The molecule has 1 aliphatic heterocycles. The third kappa shape index (κ3) is 4.51. The van der Waals surface area contributed by atoms with Gasteiger partial charge in [-0.1, -0.05) is 32.0 Å². The van der Waals surface area contributed by atoms with E-state index < -0.39 is 0 Å². The van der Waals surface area contributed by atoms with Crippen LogP contribution in [0.1, 0.15) is 44.7 Å². The zero-order valence-electron chi connectivity index (χ0n) is 12.6. The highest BCUT2D eigenvalue weighted by atomic mass is 32.2. The number of nitrogens with one attached hydrogen (secondary N) is 1. The first kappa shape index (κ1) is 15.9. The highest BCUT2D eigenvalue weighted by molar-refractivity contribution is 7.99. The molecule has 0 bridgehead atoms. The summed E-state index contributed by atoms with van der Waals surface area (Å²) in [6.45, 7) is 5.84. The number of aliphatic hydroxyl groups is 1. The monoisotopic (exact) mass is 293 g/mol. The molecule has 2 rings (SSSR count). The summed E-state index contributed by atoms with van der Waals surface area (Å²) >= 11 is 1.97. The molecule has 0 amide bonds. The molecule has 1 aromatic carbocycles. The maximum atomic E-state index is 9.21. The SMILES string of the molecule is CC(C)CC(CCO)CNC1CCSc2ccccc21. The second-order valence-electron chi connectivity index (χ2n) is 6.14. The van der Waals surface area contributed by atoms with Crippen molar-refractivity contribution in [2.75, 3.05) is 18.9 Å². The van der Waals surface area contributed by atoms with Gasteiger partial charge in [-0.15, -0.1) is 11.8 Å². The molecule has 0 saturated carbocycles. The fraction of sp³-hybridized carbons (Fsp3) is 0.647. The lowest BCUT2D eigenvalue weighted by Gasteiger charge is -2.28. The minimum absolute atomic E-state index is 0.302. The number of hydrogen-bond acceptors (Lipinski definition) is 3. The number of fused-ring (bicyclic) bond motifs is 1. The Bertz CT molecular complexity index is 408. The zero-order chi connectivity index (χ0) is 14.4. The number of thioether (sulfide) groups is 1. The van der Waals surface area contributed by atoms with Crippen LogP contribution in [0, 0.1) is 11.8 Å². The molecular weight excluding hydrogens is 266 g/mol. The minimum atomic E-state index is 0.302. The van der Waals surface area contributed by atoms with Crippen LogP contribution in [0.4, 0.5) is 0 Å². The number of hydrogen-bond donors (Lipinski definition) is 2. The maximum absolute atomic E-state index is 9.21. The Hall–Kier alpha value is -0.510. The Morgan fingerprint density at radius 3 is 2.90 bits per heavy atom. The Morgan fingerprint density at radius 2 is 2.15 bits per heavy atom. The van der Waals surface area contributed by atoms with Crippen LogP contribution >= 0.6 is 11.8 Å². The average Bonchev–Trinajstić information content (AvgIpc) is 2.44. The first-order valence-electron chi connectivity index (χ1n) is 7.76. The first-order valence-corrected chi connectivity index (χ1v) is 8.75. The lowest BCUT2D eigenvalue weighted by Crippen LogP contribution is -2.30. The van der Waals surface area contributed by atoms with Crippen molar-refractivity contribution in [2.45, 2.75) is 44.0 Å². The topological polar surface area (TPSA) is 32.3 Å². The van der Waals surface area contributed by atoms with Crippen LogP contribution in [-0.2, 0) is 0 Å². The van der Waals surface area contributed by atoms with Crippen LogP contribution in [-0.4, -0.2) is 24.0 Å². The molecule has 2 atom stereocenters. The zero-order valence-corrected chi connectivity index (χ0v) is 13.5. The highest BCUT2D eigenvalue weighted by Gasteiger charge is 2.21. The van der Waals surface area contributed by atoms with E-state index >= 15 is 0 Å². The summed E-state index contributed by atoms with van der Waals surface area (Å²) in [5.74, 6) is 2.48. The molecule has 2 N–H and O–H groups in total. The summed E-state index contributed by atoms with van der Waals surface area (Å²) in [5.41, 5.74) is 1.45. The standard InChI is InChI=1S/C17H27NOS/c1-13(2)11-14(7-9-19)12-18-16-8-10-20-17-6-4-3-5-15(16)17/h3-6,13-14,16,18-19H,7-12H2,1-2H3. The van der Waals surface area contributed by atoms with Gasteiger partial charge in [-0.05, 0) is 55.0 Å². The molecule has 112 valence electrons. The summed E-state index contributed by atoms with van der Waals surface area (Å²) in [7, 11) is 0. The van der Waals surface area contributed by atoms with Crippen molar-refractivity contribution in [2.24, 2.45) is 11.8 Å². The van der Waals surface area contributed by atoms with E-state index in [1.54, 1.807) is 0 Å². The third-order valence-electron chi connectivity index (χ3n) is 3.95. The van der Waals surface area contributed by atoms with E-state index in [4.69, 9.17) is 0 Å². The molecule has 0 aromatic heterocycles. The largest absolute Gasteiger partial charge is 0.396 e. The van der Waals surface area contributed by atoms with Crippen LogP contribution < -0.4 is 5.32 Å². The van der Waals surface area contributed by atoms with E-state index in [9.17, 15) is 5.11 Å². The van der Waals surface area contributed by atoms with Crippen molar-refractivity contribution < 1.29 is 5.11 Å². The van der Waals surface area contributed by atoms with Crippen molar-refractivity contribution >= 4 is 11.8 Å². The van der Waals surface area contributed by atoms with Gasteiger partial charge in [0, 0.05) is 17.5 Å². The fourth-order valence-corrected chi connectivity index (χ4v) is 4.14. The highest BCUT2D eigenvalue weighted by Crippen LogP contribution is 2.35. The second kappa shape index (κ2) is 8.06. The van der Waals surface area contributed by atoms with Crippen molar-refractivity contribution in [3.8, 4) is 0 Å². The predicted molar refractivity (Wildman–Crippen MR) is 87.2 cm³/mol. The Kier molecular flexibility index (Phi) is 6.40. The van der Waals surface area contributed by atoms with Gasteiger partial charge in [0.2, 0.25) is 0 Å². The van der Waals surface area contributed by atoms with E-state index in [2.05, 4.69) is 43.4 Å². The van der Waals surface area contributed by atoms with Crippen molar-refractivity contribution in [1.82, 2.24) is 5.32 Å². The van der Waals surface area contributed by atoms with Gasteiger partial charge in [0.05, 0.1) is 0 Å². The maximum Gasteiger partial charge on any atom is 0.0434 e. The summed E-state index contributed by atoms with van der Waals surface area (Å²) in [5, 5.41) is 13.0. The van der Waals surface area contributed by atoms with Crippen LogP contribution in [0.3, 0.4) is 0 Å². The van der Waals surface area contributed by atoms with E-state index in [0.29, 0.717) is 24.5 Å². The number of rotatable bonds is 7. The van der Waals surface area contributed by atoms with Crippen molar-refractivity contribution in [1.29, 1.82) is 0 Å². The summed E-state index contributed by atoms with van der Waals surface area (Å²) in [4.78, 5) is 1.43. The van der Waals surface area contributed by atoms with Gasteiger partial charge in [0.25, 0.3) is 0 Å². The summed E-state index contributed by atoms with van der Waals surface area (Å²) in [6.07, 6.45) is 3.31. The van der Waals surface area contributed by atoms with E-state index in [1.807, 2.05) is 11.8 Å². The number of benzene rings is 1. The van der Waals surface area contributed by atoms with Gasteiger partial charge in [-0.3, -0.25) is 0 Å². The molecule has 0 radical (unpaired) electrons. The van der Waals surface area contributed by atoms with Gasteiger partial charge in [-0.25, -0.2) is 0 Å². The molecule has 1 aromatic rings. The fourth-order valence-electron chi connectivity index (χ4n) is 3.02. The van der Waals surface area contributed by atoms with Crippen LogP contribution in [0.5, 0.6) is 0 Å². The lowest BCUT2D eigenvalue weighted by atomic mass is 9.93. The quantitative estimate of drug-likeness (QED) is 0.800. The molecule has 3 heteroatoms. The molecule has 1 aliphatic rings. The molecule has 0 spiro atoms. The van der Waals surface area contributed by atoms with Crippen LogP contribution in [0.2, 0.25) is 0 Å². The predicted octanol–water partition coefficient (Wildman–Crippen LogP) is 3.86. The van der Waals surface area contributed by atoms with Gasteiger partial charge >= 0.3 is 0 Å². The van der Waals surface area contributed by atoms with Gasteiger partial charge in [0.15, 0.2) is 0 Å². The molecule has 0 aliphatic carbocycles. The van der Waals surface area contributed by atoms with E-state index in [-0.39, 0.29) is 0 Å². The van der Waals surface area contributed by atoms with Gasteiger partial charge in [0.1, 0.15) is 0 Å². The molecule has 2 nitrogen and oxygen atoms in total. The smallest absolute Gasteiger partial charge is 0.0434 e. The van der Waals surface area contributed by atoms with Gasteiger partial charge in [-0.2, -0.15) is 0 Å². The van der Waals surface area contributed by atoms with Crippen LogP contribution in [0.15, 0.2) is 29.2 Å². The summed E-state index contributed by atoms with van der Waals surface area (Å²) in [6, 6.07) is 9.23. The molecule has 2 unspecified atom stereocenters.